The number of nitrogens with zero attached hydrogens (tertiary/aromatic N) is 1. The third-order valence-electron chi connectivity index (χ3n) is 3.61. The molecule has 0 spiro atoms. The van der Waals surface area contributed by atoms with Crippen LogP contribution in [0.5, 0.6) is 11.5 Å². The van der Waals surface area contributed by atoms with Crippen LogP contribution in [0.4, 0.5) is 0 Å². The number of nitrogens with one attached hydrogen (secondary N) is 1. The number of aromatic hydroxyl groups is 1. The molecule has 1 atom stereocenters. The van der Waals surface area contributed by atoms with Gasteiger partial charge in [-0.1, -0.05) is 12.1 Å². The number of ether oxygens (including phenoxy) is 1. The summed E-state index contributed by atoms with van der Waals surface area (Å²) in [5.74, 6) is 0.784. The quantitative estimate of drug-likeness (QED) is 0.756. The zero-order valence-electron chi connectivity index (χ0n) is 11.4. The monoisotopic (exact) mass is 327 g/mol. The maximum atomic E-state index is 9.79. The first-order valence-electron chi connectivity index (χ1n) is 6.63. The van der Waals surface area contributed by atoms with Crippen molar-refractivity contribution in [3.63, 3.8) is 0 Å². The van der Waals surface area contributed by atoms with Crippen LogP contribution in [0.3, 0.4) is 0 Å². The summed E-state index contributed by atoms with van der Waals surface area (Å²) in [5.41, 5.74) is 7.73. The van der Waals surface area contributed by atoms with Crippen LogP contribution in [-0.4, -0.2) is 27.8 Å². The van der Waals surface area contributed by atoms with Crippen molar-refractivity contribution in [1.82, 2.24) is 9.55 Å². The number of imidazole rings is 1. The van der Waals surface area contributed by atoms with Crippen LogP contribution >= 0.6 is 24.6 Å². The highest BCUT2D eigenvalue weighted by Gasteiger charge is 2.25. The number of fused-ring (bicyclic) bond motifs is 1. The first-order valence-corrected chi connectivity index (χ1v) is 7.04. The number of phenols is 1. The Morgan fingerprint density at radius 1 is 1.48 bits per heavy atom. The standard InChI is InChI=1S/C14H17N3O2S.ClH/c15-5-4-10-7-16-14(20)17(10)11-6-9-2-1-3-12(18)13(9)19-8-11;/h1-3,7,11,18H,4-6,8,15H2,(H,16,20);1H. The minimum atomic E-state index is 0. The molecule has 1 aromatic heterocycles. The molecule has 0 saturated carbocycles. The Balaban J connectivity index is 0.00000161. The van der Waals surface area contributed by atoms with E-state index in [-0.39, 0.29) is 24.2 Å². The molecule has 1 aliphatic heterocycles. The van der Waals surface area contributed by atoms with E-state index in [4.69, 9.17) is 22.7 Å². The lowest BCUT2D eigenvalue weighted by Crippen LogP contribution is -2.26. The predicted octanol–water partition coefficient (Wildman–Crippen LogP) is 2.35. The Hall–Kier alpha value is -1.50. The first-order chi connectivity index (χ1) is 9.70. The van der Waals surface area contributed by atoms with Crippen LogP contribution in [0.1, 0.15) is 17.3 Å². The maximum absolute atomic E-state index is 9.79. The van der Waals surface area contributed by atoms with Crippen LogP contribution in [0, 0.1) is 4.77 Å². The number of phenolic OH excluding ortho intramolecular Hbond substituents is 1. The van der Waals surface area contributed by atoms with E-state index in [1.54, 1.807) is 6.07 Å². The van der Waals surface area contributed by atoms with Crippen LogP contribution in [0.25, 0.3) is 0 Å². The summed E-state index contributed by atoms with van der Waals surface area (Å²) >= 11 is 5.35. The molecule has 3 rings (SSSR count). The number of para-hydroxylation sites is 1. The molecule has 114 valence electrons. The molecule has 0 saturated heterocycles. The Bertz CT molecular complexity index is 683. The van der Waals surface area contributed by atoms with Gasteiger partial charge in [-0.25, -0.2) is 0 Å². The minimum absolute atomic E-state index is 0. The molecule has 0 radical (unpaired) electrons. The summed E-state index contributed by atoms with van der Waals surface area (Å²) in [5, 5.41) is 9.79. The predicted molar refractivity (Wildman–Crippen MR) is 86.0 cm³/mol. The van der Waals surface area contributed by atoms with Crippen molar-refractivity contribution in [2.45, 2.75) is 18.9 Å². The molecule has 21 heavy (non-hydrogen) atoms. The van der Waals surface area contributed by atoms with Gasteiger partial charge in [0, 0.05) is 30.3 Å². The molecule has 4 N–H and O–H groups in total. The number of nitrogens with two attached hydrogens (primary N) is 1. The Morgan fingerprint density at radius 2 is 2.29 bits per heavy atom. The third-order valence-corrected chi connectivity index (χ3v) is 3.92. The number of aromatic nitrogens is 2. The molecular weight excluding hydrogens is 310 g/mol. The molecule has 7 heteroatoms. The van der Waals surface area contributed by atoms with Crippen molar-refractivity contribution in [2.75, 3.05) is 13.2 Å². The summed E-state index contributed by atoms with van der Waals surface area (Å²) < 4.78 is 8.48. The Morgan fingerprint density at radius 3 is 3.05 bits per heavy atom. The van der Waals surface area contributed by atoms with Crippen molar-refractivity contribution in [3.05, 3.63) is 40.4 Å². The number of hydrogen-bond acceptors (Lipinski definition) is 4. The van der Waals surface area contributed by atoms with Gasteiger partial charge in [0.2, 0.25) is 0 Å². The summed E-state index contributed by atoms with van der Waals surface area (Å²) in [4.78, 5) is 3.07. The smallest absolute Gasteiger partial charge is 0.177 e. The van der Waals surface area contributed by atoms with Gasteiger partial charge in [0.05, 0.1) is 6.04 Å². The van der Waals surface area contributed by atoms with Crippen LogP contribution in [0.2, 0.25) is 0 Å². The number of H-pyrrole nitrogens is 1. The van der Waals surface area contributed by atoms with E-state index in [2.05, 4.69) is 9.55 Å². The number of benzene rings is 1. The number of hydrogen-bond donors (Lipinski definition) is 3. The van der Waals surface area contributed by atoms with E-state index < -0.39 is 0 Å². The molecule has 1 aliphatic rings. The summed E-state index contributed by atoms with van der Waals surface area (Å²) in [7, 11) is 0. The van der Waals surface area contributed by atoms with Gasteiger partial charge in [0.1, 0.15) is 6.61 Å². The molecular formula is C14H18ClN3O2S. The van der Waals surface area contributed by atoms with Crippen LogP contribution < -0.4 is 10.5 Å². The summed E-state index contributed by atoms with van der Waals surface area (Å²) in [6.45, 7) is 1.08. The highest BCUT2D eigenvalue weighted by atomic mass is 35.5. The molecule has 5 nitrogen and oxygen atoms in total. The molecule has 0 aliphatic carbocycles. The zero-order valence-corrected chi connectivity index (χ0v) is 13.0. The zero-order chi connectivity index (χ0) is 14.1. The van der Waals surface area contributed by atoms with Gasteiger partial charge < -0.3 is 25.1 Å². The van der Waals surface area contributed by atoms with E-state index in [0.29, 0.717) is 23.7 Å². The Labute approximate surface area is 134 Å². The summed E-state index contributed by atoms with van der Waals surface area (Å²) in [6, 6.07) is 5.57. The maximum Gasteiger partial charge on any atom is 0.177 e. The molecule has 0 amide bonds. The highest BCUT2D eigenvalue weighted by molar-refractivity contribution is 7.71. The van der Waals surface area contributed by atoms with Crippen LogP contribution in [0.15, 0.2) is 24.4 Å². The van der Waals surface area contributed by atoms with Crippen molar-refractivity contribution in [2.24, 2.45) is 5.73 Å². The lowest BCUT2D eigenvalue weighted by Gasteiger charge is -2.28. The van der Waals surface area contributed by atoms with E-state index in [1.807, 2.05) is 18.3 Å². The van der Waals surface area contributed by atoms with Gasteiger partial charge in [-0.15, -0.1) is 12.4 Å². The van der Waals surface area contributed by atoms with Gasteiger partial charge >= 0.3 is 0 Å². The van der Waals surface area contributed by atoms with Gasteiger partial charge in [-0.2, -0.15) is 0 Å². The van der Waals surface area contributed by atoms with Gasteiger partial charge in [0.15, 0.2) is 16.3 Å². The van der Waals surface area contributed by atoms with Gasteiger partial charge in [-0.3, -0.25) is 0 Å². The van der Waals surface area contributed by atoms with E-state index >= 15 is 0 Å². The Kier molecular flexibility index (Phi) is 4.92. The second-order valence-electron chi connectivity index (χ2n) is 4.93. The molecule has 1 unspecified atom stereocenters. The van der Waals surface area contributed by atoms with Crippen molar-refractivity contribution < 1.29 is 9.84 Å². The number of rotatable bonds is 3. The minimum Gasteiger partial charge on any atom is -0.504 e. The molecule has 0 bridgehead atoms. The van der Waals surface area contributed by atoms with Crippen LogP contribution in [-0.2, 0) is 12.8 Å². The van der Waals surface area contributed by atoms with Gasteiger partial charge in [0.25, 0.3) is 0 Å². The lowest BCUT2D eigenvalue weighted by atomic mass is 10.0. The molecule has 2 aromatic rings. The average Bonchev–Trinajstić information content (AvgIpc) is 2.80. The average molecular weight is 328 g/mol. The van der Waals surface area contributed by atoms with Crippen molar-refractivity contribution in [3.8, 4) is 11.5 Å². The normalized spacial score (nSPS) is 16.7. The molecule has 1 aromatic carbocycles. The van der Waals surface area contributed by atoms with Gasteiger partial charge in [-0.05, 0) is 24.8 Å². The number of halogens is 1. The third kappa shape index (κ3) is 2.92. The lowest BCUT2D eigenvalue weighted by molar-refractivity contribution is 0.212. The van der Waals surface area contributed by atoms with Crippen molar-refractivity contribution in [1.29, 1.82) is 0 Å². The fraction of sp³-hybridized carbons (Fsp3) is 0.357. The first kappa shape index (κ1) is 15.9. The van der Waals surface area contributed by atoms with E-state index in [1.165, 1.54) is 0 Å². The molecule has 0 fully saturated rings. The SMILES string of the molecule is Cl.NCCc1c[nH]c(=S)n1C1COc2c(O)cccc2C1. The topological polar surface area (TPSA) is 76.2 Å². The molecule has 2 heterocycles. The van der Waals surface area contributed by atoms with E-state index in [0.717, 1.165) is 24.1 Å². The fourth-order valence-corrected chi connectivity index (χ4v) is 3.04. The summed E-state index contributed by atoms with van der Waals surface area (Å²) in [6.07, 6.45) is 3.47. The van der Waals surface area contributed by atoms with E-state index in [9.17, 15) is 5.11 Å². The second kappa shape index (κ2) is 6.51. The second-order valence-corrected chi connectivity index (χ2v) is 5.31. The van der Waals surface area contributed by atoms with Crippen molar-refractivity contribution >= 4 is 24.6 Å². The fourth-order valence-electron chi connectivity index (χ4n) is 2.71. The highest BCUT2D eigenvalue weighted by Crippen LogP contribution is 2.36. The largest absolute Gasteiger partial charge is 0.504 e. The number of aromatic amines is 1.